The quantitative estimate of drug-likeness (QED) is 0.840. The summed E-state index contributed by atoms with van der Waals surface area (Å²) in [5.41, 5.74) is 2.00. The summed E-state index contributed by atoms with van der Waals surface area (Å²) >= 11 is 0. The smallest absolute Gasteiger partial charge is 0.264 e. The second-order valence-electron chi connectivity index (χ2n) is 8.53. The van der Waals surface area contributed by atoms with Gasteiger partial charge in [-0.05, 0) is 74.5 Å². The molecule has 0 spiro atoms. The van der Waals surface area contributed by atoms with Gasteiger partial charge in [0, 0.05) is 24.2 Å². The van der Waals surface area contributed by atoms with E-state index in [0.29, 0.717) is 11.3 Å². The highest BCUT2D eigenvalue weighted by molar-refractivity contribution is 5.18. The average Bonchev–Trinajstić information content (AvgIpc) is 2.66. The van der Waals surface area contributed by atoms with Gasteiger partial charge in [-0.1, -0.05) is 6.42 Å². The molecule has 4 fully saturated rings. The molecule has 21 heavy (non-hydrogen) atoms. The Hall–Kier alpha value is -0.990. The summed E-state index contributed by atoms with van der Waals surface area (Å²) in [7, 11) is 0. The Labute approximate surface area is 126 Å². The van der Waals surface area contributed by atoms with Crippen LogP contribution in [0.3, 0.4) is 0 Å². The SMILES string of the molecule is O=c1cc2n([nH]1)CCCCC2C12CC3CC(CC(C3)C1)C2. The summed E-state index contributed by atoms with van der Waals surface area (Å²) in [4.78, 5) is 11.9. The lowest BCUT2D eigenvalue weighted by molar-refractivity contribution is -0.0710. The molecule has 3 heteroatoms. The van der Waals surface area contributed by atoms with Gasteiger partial charge in [0.15, 0.2) is 0 Å². The van der Waals surface area contributed by atoms with Gasteiger partial charge in [-0.2, -0.15) is 0 Å². The minimum Gasteiger partial charge on any atom is -0.289 e. The molecule has 0 amide bonds. The first-order valence-electron chi connectivity index (χ1n) is 9.02. The molecule has 4 bridgehead atoms. The van der Waals surface area contributed by atoms with Gasteiger partial charge in [0.2, 0.25) is 0 Å². The number of aromatic amines is 1. The Bertz CT molecular complexity index is 576. The number of rotatable bonds is 1. The maximum Gasteiger partial charge on any atom is 0.264 e. The van der Waals surface area contributed by atoms with Crippen molar-refractivity contribution >= 4 is 0 Å². The first-order valence-corrected chi connectivity index (χ1v) is 9.02. The van der Waals surface area contributed by atoms with E-state index in [0.717, 1.165) is 24.3 Å². The first kappa shape index (κ1) is 12.5. The lowest BCUT2D eigenvalue weighted by atomic mass is 9.46. The maximum absolute atomic E-state index is 11.9. The molecular formula is C18H26N2O. The molecule has 1 unspecified atom stereocenters. The number of aryl methyl sites for hydroxylation is 1. The molecular weight excluding hydrogens is 260 g/mol. The topological polar surface area (TPSA) is 37.8 Å². The fourth-order valence-corrected chi connectivity index (χ4v) is 6.91. The third-order valence-electron chi connectivity index (χ3n) is 7.14. The number of nitrogens with zero attached hydrogens (tertiary/aromatic N) is 1. The lowest BCUT2D eigenvalue weighted by Crippen LogP contribution is -2.49. The lowest BCUT2D eigenvalue weighted by Gasteiger charge is -2.59. The minimum absolute atomic E-state index is 0.113. The van der Waals surface area contributed by atoms with Gasteiger partial charge in [-0.15, -0.1) is 0 Å². The van der Waals surface area contributed by atoms with Gasteiger partial charge >= 0.3 is 0 Å². The van der Waals surface area contributed by atoms with Crippen LogP contribution < -0.4 is 5.56 Å². The summed E-state index contributed by atoms with van der Waals surface area (Å²) in [6, 6.07) is 1.93. The molecule has 3 nitrogen and oxygen atoms in total. The highest BCUT2D eigenvalue weighted by Crippen LogP contribution is 2.65. The molecule has 4 saturated carbocycles. The number of H-pyrrole nitrogens is 1. The molecule has 0 radical (unpaired) electrons. The van der Waals surface area contributed by atoms with Crippen LogP contribution in [-0.2, 0) is 6.54 Å². The average molecular weight is 286 g/mol. The highest BCUT2D eigenvalue weighted by Gasteiger charge is 2.54. The predicted molar refractivity (Wildman–Crippen MR) is 82.2 cm³/mol. The number of fused-ring (bicyclic) bond motifs is 1. The van der Waals surface area contributed by atoms with E-state index in [4.69, 9.17) is 0 Å². The number of hydrogen-bond donors (Lipinski definition) is 1. The van der Waals surface area contributed by atoms with Crippen LogP contribution in [0.1, 0.15) is 69.4 Å². The molecule has 1 atom stereocenters. The second kappa shape index (κ2) is 4.27. The minimum atomic E-state index is 0.113. The summed E-state index contributed by atoms with van der Waals surface area (Å²) < 4.78 is 2.19. The molecule has 1 N–H and O–H groups in total. The molecule has 2 heterocycles. The van der Waals surface area contributed by atoms with Gasteiger partial charge in [0.25, 0.3) is 5.56 Å². The number of aromatic nitrogens is 2. The van der Waals surface area contributed by atoms with Crippen molar-refractivity contribution in [3.63, 3.8) is 0 Å². The van der Waals surface area contributed by atoms with E-state index in [-0.39, 0.29) is 5.56 Å². The van der Waals surface area contributed by atoms with Gasteiger partial charge in [-0.25, -0.2) is 0 Å². The third-order valence-corrected chi connectivity index (χ3v) is 7.14. The van der Waals surface area contributed by atoms with Crippen LogP contribution in [-0.4, -0.2) is 9.78 Å². The first-order chi connectivity index (χ1) is 10.2. The Morgan fingerprint density at radius 1 is 1.05 bits per heavy atom. The predicted octanol–water partition coefficient (Wildman–Crippen LogP) is 3.66. The Morgan fingerprint density at radius 2 is 1.71 bits per heavy atom. The highest BCUT2D eigenvalue weighted by atomic mass is 16.1. The largest absolute Gasteiger partial charge is 0.289 e. The van der Waals surface area contributed by atoms with E-state index < -0.39 is 0 Å². The van der Waals surface area contributed by atoms with Gasteiger partial charge < -0.3 is 0 Å². The fraction of sp³-hybridized carbons (Fsp3) is 0.833. The van der Waals surface area contributed by atoms with Crippen molar-refractivity contribution in [3.8, 4) is 0 Å². The van der Waals surface area contributed by atoms with Crippen LogP contribution in [0.2, 0.25) is 0 Å². The third kappa shape index (κ3) is 1.82. The normalized spacial score (nSPS) is 44.6. The van der Waals surface area contributed by atoms with E-state index in [1.807, 2.05) is 6.07 Å². The fourth-order valence-electron chi connectivity index (χ4n) is 6.91. The van der Waals surface area contributed by atoms with E-state index in [1.165, 1.54) is 63.5 Å². The molecule has 114 valence electrons. The van der Waals surface area contributed by atoms with Crippen molar-refractivity contribution in [2.24, 2.45) is 23.2 Å². The monoisotopic (exact) mass is 286 g/mol. The summed E-state index contributed by atoms with van der Waals surface area (Å²) in [6.07, 6.45) is 12.7. The van der Waals surface area contributed by atoms with E-state index >= 15 is 0 Å². The van der Waals surface area contributed by atoms with Crippen molar-refractivity contribution in [2.45, 2.75) is 70.3 Å². The van der Waals surface area contributed by atoms with Gasteiger partial charge in [0.1, 0.15) is 0 Å². The molecule has 6 rings (SSSR count). The number of nitrogens with one attached hydrogen (secondary N) is 1. The summed E-state index contributed by atoms with van der Waals surface area (Å²) in [5.74, 6) is 3.64. The van der Waals surface area contributed by atoms with Crippen LogP contribution in [0.15, 0.2) is 10.9 Å². The van der Waals surface area contributed by atoms with Crippen molar-refractivity contribution < 1.29 is 0 Å². The van der Waals surface area contributed by atoms with E-state index in [9.17, 15) is 4.79 Å². The zero-order chi connectivity index (χ0) is 14.0. The van der Waals surface area contributed by atoms with Crippen LogP contribution in [0.5, 0.6) is 0 Å². The molecule has 1 aromatic rings. The zero-order valence-electron chi connectivity index (χ0n) is 12.8. The Morgan fingerprint density at radius 3 is 2.38 bits per heavy atom. The summed E-state index contributed by atoms with van der Waals surface area (Å²) in [5, 5.41) is 3.06. The molecule has 4 aliphatic carbocycles. The van der Waals surface area contributed by atoms with Crippen LogP contribution in [0, 0.1) is 23.2 Å². The molecule has 0 saturated heterocycles. The second-order valence-corrected chi connectivity index (χ2v) is 8.53. The molecule has 0 aromatic carbocycles. The molecule has 1 aromatic heterocycles. The van der Waals surface area contributed by atoms with Crippen LogP contribution in [0.25, 0.3) is 0 Å². The molecule has 1 aliphatic heterocycles. The van der Waals surface area contributed by atoms with Crippen molar-refractivity contribution in [2.75, 3.05) is 0 Å². The van der Waals surface area contributed by atoms with Crippen LogP contribution >= 0.6 is 0 Å². The maximum atomic E-state index is 11.9. The van der Waals surface area contributed by atoms with E-state index in [1.54, 1.807) is 0 Å². The van der Waals surface area contributed by atoms with Crippen molar-refractivity contribution in [1.29, 1.82) is 0 Å². The van der Waals surface area contributed by atoms with Gasteiger partial charge in [0.05, 0.1) is 0 Å². The Balaban J connectivity index is 1.58. The number of hydrogen-bond acceptors (Lipinski definition) is 1. The Kier molecular flexibility index (Phi) is 2.55. The van der Waals surface area contributed by atoms with Crippen LogP contribution in [0.4, 0.5) is 0 Å². The van der Waals surface area contributed by atoms with Gasteiger partial charge in [-0.3, -0.25) is 14.6 Å². The summed E-state index contributed by atoms with van der Waals surface area (Å²) in [6.45, 7) is 1.01. The van der Waals surface area contributed by atoms with Crippen molar-refractivity contribution in [1.82, 2.24) is 9.78 Å². The zero-order valence-corrected chi connectivity index (χ0v) is 12.8. The van der Waals surface area contributed by atoms with Crippen molar-refractivity contribution in [3.05, 3.63) is 22.1 Å². The standard InChI is InChI=1S/C18H26N2O/c21-17-8-16-15(3-1-2-4-20(16)19-17)18-9-12-5-13(10-18)7-14(6-12)11-18/h8,12-15H,1-7,9-11H2,(H,19,21). The molecule has 5 aliphatic rings. The van der Waals surface area contributed by atoms with E-state index in [2.05, 4.69) is 9.78 Å².